The zero-order chi connectivity index (χ0) is 22.1. The first-order valence-corrected chi connectivity index (χ1v) is 10.8. The summed E-state index contributed by atoms with van der Waals surface area (Å²) in [5, 5.41) is 8.87. The summed E-state index contributed by atoms with van der Waals surface area (Å²) in [5.74, 6) is -0.140. The molecule has 0 aliphatic carbocycles. The molecule has 1 aromatic heterocycles. The Labute approximate surface area is 191 Å². The van der Waals surface area contributed by atoms with Gasteiger partial charge in [0, 0.05) is 24.1 Å². The van der Waals surface area contributed by atoms with Gasteiger partial charge in [-0.15, -0.1) is 0 Å². The predicted octanol–water partition coefficient (Wildman–Crippen LogP) is 7.07. The van der Waals surface area contributed by atoms with Crippen LogP contribution in [-0.2, 0) is 13.1 Å². The summed E-state index contributed by atoms with van der Waals surface area (Å²) >= 11 is 6.54. The van der Waals surface area contributed by atoms with Crippen molar-refractivity contribution in [1.29, 1.82) is 0 Å². The van der Waals surface area contributed by atoms with E-state index >= 15 is 0 Å². The largest absolute Gasteiger partial charge is 0.345 e. The van der Waals surface area contributed by atoms with E-state index in [1.54, 1.807) is 23.1 Å². The third-order valence-corrected chi connectivity index (χ3v) is 5.92. The van der Waals surface area contributed by atoms with Crippen molar-refractivity contribution < 1.29 is 4.79 Å². The van der Waals surface area contributed by atoms with Gasteiger partial charge < -0.3 is 9.47 Å². The molecule has 5 rings (SSSR count). The molecule has 0 atom stereocenters. The molecular weight excluding hydrogens is 420 g/mol. The van der Waals surface area contributed by atoms with Gasteiger partial charge in [-0.2, -0.15) is 10.2 Å². The number of benzene rings is 3. The van der Waals surface area contributed by atoms with Crippen molar-refractivity contribution in [2.75, 3.05) is 4.90 Å². The molecule has 0 saturated heterocycles. The monoisotopic (exact) mass is 440 g/mol. The Kier molecular flexibility index (Phi) is 5.33. The molecule has 1 aliphatic rings. The number of carbonyl (C=O) groups excluding carboxylic acids is 1. The maximum Gasteiger partial charge on any atom is 0.260 e. The molecule has 32 heavy (non-hydrogen) atoms. The minimum atomic E-state index is -0.140. The van der Waals surface area contributed by atoms with E-state index in [9.17, 15) is 4.79 Å². The number of halogens is 1. The third kappa shape index (κ3) is 3.95. The number of aryl methyl sites for hydroxylation is 1. The van der Waals surface area contributed by atoms with E-state index < -0.39 is 0 Å². The van der Waals surface area contributed by atoms with Crippen LogP contribution in [0.1, 0.15) is 27.2 Å². The number of hydrogen-bond acceptors (Lipinski definition) is 3. The quantitative estimate of drug-likeness (QED) is 0.314. The van der Waals surface area contributed by atoms with E-state index in [1.807, 2.05) is 67.7 Å². The van der Waals surface area contributed by atoms with Crippen LogP contribution in [0, 0.1) is 6.92 Å². The minimum absolute atomic E-state index is 0.140. The van der Waals surface area contributed by atoms with Crippen LogP contribution in [0.3, 0.4) is 0 Å². The Morgan fingerprint density at radius 3 is 2.44 bits per heavy atom. The number of hydrogen-bond donors (Lipinski definition) is 0. The molecule has 1 amide bonds. The normalized spacial score (nSPS) is 13.0. The van der Waals surface area contributed by atoms with Gasteiger partial charge in [0.15, 0.2) is 0 Å². The van der Waals surface area contributed by atoms with Crippen molar-refractivity contribution in [3.05, 3.63) is 112 Å². The Hall–Kier alpha value is -3.70. The fourth-order valence-electron chi connectivity index (χ4n) is 3.88. The summed E-state index contributed by atoms with van der Waals surface area (Å²) in [7, 11) is 0. The van der Waals surface area contributed by atoms with Crippen LogP contribution in [0.4, 0.5) is 17.1 Å². The number of aromatic nitrogens is 1. The van der Waals surface area contributed by atoms with Crippen molar-refractivity contribution in [2.45, 2.75) is 20.0 Å². The zero-order valence-corrected chi connectivity index (χ0v) is 18.3. The number of anilines is 1. The number of nitrogens with zero attached hydrogens (tertiary/aromatic N) is 4. The van der Waals surface area contributed by atoms with Crippen molar-refractivity contribution >= 4 is 34.6 Å². The lowest BCUT2D eigenvalue weighted by Gasteiger charge is -2.23. The standard InChI is InChI=1S/C26H21ClN4O/c1-18-8-10-20(11-9-18)28-29-21-12-13-23(24(27)15-21)26(32)31-17-22-6-4-14-30(22)16-19-5-2-3-7-25(19)31/h2-15H,16-17H2,1H3/b29-28+. The molecule has 6 heteroatoms. The second-order valence-electron chi connectivity index (χ2n) is 7.85. The summed E-state index contributed by atoms with van der Waals surface area (Å²) in [4.78, 5) is 15.4. The molecule has 4 aromatic rings. The average molecular weight is 441 g/mol. The van der Waals surface area contributed by atoms with E-state index in [1.165, 1.54) is 0 Å². The highest BCUT2D eigenvalue weighted by Crippen LogP contribution is 2.32. The summed E-state index contributed by atoms with van der Waals surface area (Å²) in [6.45, 7) is 3.23. The van der Waals surface area contributed by atoms with E-state index in [0.29, 0.717) is 22.8 Å². The van der Waals surface area contributed by atoms with Gasteiger partial charge in [-0.3, -0.25) is 4.79 Å². The lowest BCUT2D eigenvalue weighted by atomic mass is 10.1. The van der Waals surface area contributed by atoms with Crippen LogP contribution < -0.4 is 4.90 Å². The fourth-order valence-corrected chi connectivity index (χ4v) is 4.13. The van der Waals surface area contributed by atoms with Gasteiger partial charge in [0.1, 0.15) is 0 Å². The second kappa shape index (κ2) is 8.44. The molecular formula is C26H21ClN4O. The Balaban J connectivity index is 1.45. The molecule has 0 saturated carbocycles. The number of para-hydroxylation sites is 1. The molecule has 2 heterocycles. The Morgan fingerprint density at radius 1 is 0.875 bits per heavy atom. The minimum Gasteiger partial charge on any atom is -0.345 e. The van der Waals surface area contributed by atoms with E-state index in [2.05, 4.69) is 20.9 Å². The molecule has 0 bridgehead atoms. The Bertz CT molecular complexity index is 1320. The van der Waals surface area contributed by atoms with Gasteiger partial charge in [-0.05, 0) is 61.0 Å². The smallest absolute Gasteiger partial charge is 0.260 e. The van der Waals surface area contributed by atoms with Gasteiger partial charge >= 0.3 is 0 Å². The number of carbonyl (C=O) groups is 1. The van der Waals surface area contributed by atoms with Crippen molar-refractivity contribution in [1.82, 2.24) is 4.57 Å². The highest BCUT2D eigenvalue weighted by atomic mass is 35.5. The molecule has 3 aromatic carbocycles. The van der Waals surface area contributed by atoms with Crippen LogP contribution in [0.25, 0.3) is 0 Å². The number of rotatable bonds is 3. The highest BCUT2D eigenvalue weighted by molar-refractivity contribution is 6.34. The van der Waals surface area contributed by atoms with Crippen LogP contribution in [0.5, 0.6) is 0 Å². The first-order valence-electron chi connectivity index (χ1n) is 10.4. The summed E-state index contributed by atoms with van der Waals surface area (Å²) in [6.07, 6.45) is 2.04. The van der Waals surface area contributed by atoms with Gasteiger partial charge in [-0.1, -0.05) is 47.5 Å². The van der Waals surface area contributed by atoms with Crippen LogP contribution >= 0.6 is 11.6 Å². The van der Waals surface area contributed by atoms with Gasteiger partial charge in [0.25, 0.3) is 5.91 Å². The topological polar surface area (TPSA) is 50.0 Å². The maximum absolute atomic E-state index is 13.6. The lowest BCUT2D eigenvalue weighted by molar-refractivity contribution is 0.0985. The van der Waals surface area contributed by atoms with Crippen molar-refractivity contribution in [3.63, 3.8) is 0 Å². The number of fused-ring (bicyclic) bond motifs is 2. The molecule has 1 aliphatic heterocycles. The maximum atomic E-state index is 13.6. The zero-order valence-electron chi connectivity index (χ0n) is 17.6. The summed E-state index contributed by atoms with van der Waals surface area (Å²) in [5.41, 5.74) is 6.03. The second-order valence-corrected chi connectivity index (χ2v) is 8.25. The van der Waals surface area contributed by atoms with Crippen LogP contribution in [-0.4, -0.2) is 10.5 Å². The van der Waals surface area contributed by atoms with E-state index in [0.717, 1.165) is 34.7 Å². The highest BCUT2D eigenvalue weighted by Gasteiger charge is 2.26. The lowest BCUT2D eigenvalue weighted by Crippen LogP contribution is -2.30. The van der Waals surface area contributed by atoms with E-state index in [-0.39, 0.29) is 5.91 Å². The molecule has 0 spiro atoms. The SMILES string of the molecule is Cc1ccc(/N=N/c2ccc(C(=O)N3Cc4cccn4Cc4ccccc43)c(Cl)c2)cc1. The van der Waals surface area contributed by atoms with Gasteiger partial charge in [-0.25, -0.2) is 0 Å². The molecule has 5 nitrogen and oxygen atoms in total. The van der Waals surface area contributed by atoms with Gasteiger partial charge in [0.05, 0.1) is 28.5 Å². The van der Waals surface area contributed by atoms with E-state index in [4.69, 9.17) is 11.6 Å². The Morgan fingerprint density at radius 2 is 1.62 bits per heavy atom. The number of amides is 1. The predicted molar refractivity (Wildman–Crippen MR) is 127 cm³/mol. The molecule has 0 unspecified atom stereocenters. The fraction of sp³-hybridized carbons (Fsp3) is 0.115. The molecule has 0 fully saturated rings. The van der Waals surface area contributed by atoms with Crippen molar-refractivity contribution in [2.24, 2.45) is 10.2 Å². The van der Waals surface area contributed by atoms with Crippen LogP contribution in [0.15, 0.2) is 95.3 Å². The summed E-state index contributed by atoms with van der Waals surface area (Å²) in [6, 6.07) is 25.0. The first-order chi connectivity index (χ1) is 15.6. The summed E-state index contributed by atoms with van der Waals surface area (Å²) < 4.78 is 2.17. The van der Waals surface area contributed by atoms with Crippen LogP contribution in [0.2, 0.25) is 5.02 Å². The first kappa shape index (κ1) is 20.2. The molecule has 0 radical (unpaired) electrons. The third-order valence-electron chi connectivity index (χ3n) is 5.61. The van der Waals surface area contributed by atoms with Crippen molar-refractivity contribution in [3.8, 4) is 0 Å². The molecule has 0 N–H and O–H groups in total. The molecule has 158 valence electrons. The number of azo groups is 1. The van der Waals surface area contributed by atoms with Gasteiger partial charge in [0.2, 0.25) is 0 Å². The average Bonchev–Trinajstić information content (AvgIpc) is 3.17.